The molecule has 3 aliphatic rings. The number of unbranched alkanes of at least 4 members (excludes halogenated alkanes) is 35. The molecular formula is C63H121NO18. The minimum Gasteiger partial charge on any atom is -0.394 e. The van der Waals surface area contributed by atoms with Crippen LogP contribution in [0.2, 0.25) is 0 Å². The molecule has 19 nitrogen and oxygen atoms in total. The molecule has 0 radical (unpaired) electrons. The number of rotatable bonds is 51. The molecule has 0 aromatic carbocycles. The molecule has 17 atom stereocenters. The highest BCUT2D eigenvalue weighted by atomic mass is 16.8. The van der Waals surface area contributed by atoms with Crippen molar-refractivity contribution in [2.24, 2.45) is 0 Å². The normalized spacial score (nSPS) is 29.5. The molecular weight excluding hydrogens is 1060 g/mol. The molecule has 82 heavy (non-hydrogen) atoms. The third-order valence-electron chi connectivity index (χ3n) is 17.2. The highest BCUT2D eigenvalue weighted by molar-refractivity contribution is 5.76. The van der Waals surface area contributed by atoms with E-state index < -0.39 is 124 Å². The van der Waals surface area contributed by atoms with Crippen LogP contribution in [0.15, 0.2) is 0 Å². The topological polar surface area (TPSA) is 307 Å². The van der Waals surface area contributed by atoms with E-state index in [1.54, 1.807) is 0 Å². The molecule has 3 saturated heterocycles. The Kier molecular flexibility index (Phi) is 42.9. The molecule has 0 saturated carbocycles. The van der Waals surface area contributed by atoms with Crippen LogP contribution in [0, 0.1) is 0 Å². The first-order valence-electron chi connectivity index (χ1n) is 33.3. The summed E-state index contributed by atoms with van der Waals surface area (Å²) in [6, 6.07) is -0.878. The van der Waals surface area contributed by atoms with Crippen molar-refractivity contribution in [2.75, 3.05) is 26.4 Å². The number of aliphatic hydroxyl groups is 11. The number of carbonyl (C=O) groups excluding carboxylic acids is 1. The fraction of sp³-hybridized carbons (Fsp3) is 0.984. The van der Waals surface area contributed by atoms with Crippen LogP contribution in [0.4, 0.5) is 0 Å². The maximum atomic E-state index is 13.2. The molecule has 0 aliphatic carbocycles. The van der Waals surface area contributed by atoms with E-state index in [4.69, 9.17) is 28.4 Å². The SMILES string of the molecule is CCCCCCCCCCCCCCCCCCCCCCCCCCCCCCCCCC(O)C(COC1OC(CO)C(OC2OC(CO)C(OC3OC(CO)C(O)C(O)C3O)C(O)C2O)C(O)C1O)NC(=O)CCCCCCCC. The van der Waals surface area contributed by atoms with Crippen LogP contribution >= 0.6 is 0 Å². The maximum absolute atomic E-state index is 13.2. The minimum absolute atomic E-state index is 0.249. The smallest absolute Gasteiger partial charge is 0.220 e. The summed E-state index contributed by atoms with van der Waals surface area (Å²) in [5.74, 6) is -0.249. The molecule has 0 bridgehead atoms. The van der Waals surface area contributed by atoms with E-state index in [-0.39, 0.29) is 18.9 Å². The first kappa shape index (κ1) is 75.0. The van der Waals surface area contributed by atoms with Crippen LogP contribution in [0.1, 0.15) is 264 Å². The Morgan fingerprint density at radius 3 is 1.06 bits per heavy atom. The van der Waals surface area contributed by atoms with Gasteiger partial charge in [0, 0.05) is 6.42 Å². The summed E-state index contributed by atoms with van der Waals surface area (Å²) in [4.78, 5) is 13.2. The summed E-state index contributed by atoms with van der Waals surface area (Å²) in [5, 5.41) is 120. The number of nitrogens with one attached hydrogen (secondary N) is 1. The van der Waals surface area contributed by atoms with Gasteiger partial charge in [0.1, 0.15) is 73.2 Å². The van der Waals surface area contributed by atoms with Crippen LogP contribution in [0.25, 0.3) is 0 Å². The average molecular weight is 1180 g/mol. The zero-order chi connectivity index (χ0) is 59.7. The third kappa shape index (κ3) is 29.7. The Hall–Kier alpha value is -1.21. The highest BCUT2D eigenvalue weighted by Gasteiger charge is 2.53. The predicted octanol–water partition coefficient (Wildman–Crippen LogP) is 7.55. The molecule has 0 spiro atoms. The van der Waals surface area contributed by atoms with Gasteiger partial charge < -0.3 is 89.9 Å². The lowest BCUT2D eigenvalue weighted by Crippen LogP contribution is -2.66. The van der Waals surface area contributed by atoms with Crippen LogP contribution in [0.5, 0.6) is 0 Å². The number of hydrogen-bond acceptors (Lipinski definition) is 18. The van der Waals surface area contributed by atoms with Gasteiger partial charge in [0.2, 0.25) is 5.91 Å². The molecule has 0 aromatic heterocycles. The standard InChI is InChI=1S/C63H121NO18/c1-3-5-7-9-11-12-13-14-15-16-17-18-19-20-21-22-23-24-25-26-27-28-29-30-31-32-33-34-35-36-38-40-47(68)46(64-51(69)41-39-37-10-8-6-4-2)45-77-61-57(75)54(72)59(49(43-66)79-61)82-63-58(76)55(73)60(50(44-67)80-63)81-62-56(74)53(71)52(70)48(42-65)78-62/h46-50,52-63,65-68,70-76H,3-45H2,1-2H3,(H,64,69). The van der Waals surface area contributed by atoms with Crippen molar-refractivity contribution in [1.29, 1.82) is 0 Å². The van der Waals surface area contributed by atoms with E-state index in [9.17, 15) is 61.0 Å². The summed E-state index contributed by atoms with van der Waals surface area (Å²) in [5.41, 5.74) is 0. The van der Waals surface area contributed by atoms with Gasteiger partial charge in [0.05, 0.1) is 38.6 Å². The van der Waals surface area contributed by atoms with Crippen LogP contribution < -0.4 is 5.32 Å². The van der Waals surface area contributed by atoms with E-state index in [1.165, 1.54) is 173 Å². The molecule has 3 fully saturated rings. The molecule has 12 N–H and O–H groups in total. The molecule has 19 heteroatoms. The maximum Gasteiger partial charge on any atom is 0.220 e. The van der Waals surface area contributed by atoms with Gasteiger partial charge in [-0.1, -0.05) is 245 Å². The Morgan fingerprint density at radius 1 is 0.390 bits per heavy atom. The first-order chi connectivity index (χ1) is 39.8. The van der Waals surface area contributed by atoms with Crippen molar-refractivity contribution in [1.82, 2.24) is 5.32 Å². The number of carbonyl (C=O) groups is 1. The molecule has 1 amide bonds. The molecule has 3 heterocycles. The van der Waals surface area contributed by atoms with E-state index in [2.05, 4.69) is 19.2 Å². The summed E-state index contributed by atoms with van der Waals surface area (Å²) >= 11 is 0. The van der Waals surface area contributed by atoms with Gasteiger partial charge in [-0.05, 0) is 12.8 Å². The van der Waals surface area contributed by atoms with Crippen molar-refractivity contribution in [2.45, 2.75) is 369 Å². The largest absolute Gasteiger partial charge is 0.394 e. The van der Waals surface area contributed by atoms with Crippen molar-refractivity contribution in [3.8, 4) is 0 Å². The monoisotopic (exact) mass is 1180 g/mol. The number of ether oxygens (including phenoxy) is 6. The zero-order valence-corrected chi connectivity index (χ0v) is 51.0. The first-order valence-corrected chi connectivity index (χ1v) is 33.3. The average Bonchev–Trinajstić information content (AvgIpc) is 3.28. The number of amides is 1. The second-order valence-corrected chi connectivity index (χ2v) is 24.3. The molecule has 3 rings (SSSR count). The fourth-order valence-corrected chi connectivity index (χ4v) is 11.7. The Balaban J connectivity index is 1.31. The van der Waals surface area contributed by atoms with Crippen molar-refractivity contribution < 1.29 is 89.4 Å². The van der Waals surface area contributed by atoms with Crippen LogP contribution in [-0.4, -0.2) is 193 Å². The summed E-state index contributed by atoms with van der Waals surface area (Å²) < 4.78 is 34.2. The van der Waals surface area contributed by atoms with E-state index >= 15 is 0 Å². The van der Waals surface area contributed by atoms with Gasteiger partial charge in [-0.2, -0.15) is 0 Å². The number of hydrogen-bond donors (Lipinski definition) is 12. The lowest BCUT2D eigenvalue weighted by Gasteiger charge is -2.48. The Bertz CT molecular complexity index is 1500. The molecule has 17 unspecified atom stereocenters. The molecule has 486 valence electrons. The fourth-order valence-electron chi connectivity index (χ4n) is 11.7. The minimum atomic E-state index is -1.97. The third-order valence-corrected chi connectivity index (χ3v) is 17.2. The quantitative estimate of drug-likeness (QED) is 0.0262. The van der Waals surface area contributed by atoms with Gasteiger partial charge >= 0.3 is 0 Å². The second kappa shape index (κ2) is 46.9. The van der Waals surface area contributed by atoms with Gasteiger partial charge in [0.15, 0.2) is 18.9 Å². The van der Waals surface area contributed by atoms with Crippen molar-refractivity contribution in [3.63, 3.8) is 0 Å². The lowest BCUT2D eigenvalue weighted by molar-refractivity contribution is -0.379. The van der Waals surface area contributed by atoms with Gasteiger partial charge in [-0.25, -0.2) is 0 Å². The summed E-state index contributed by atoms with van der Waals surface area (Å²) in [6.07, 6.45) is 21.3. The second-order valence-electron chi connectivity index (χ2n) is 24.3. The Morgan fingerprint density at radius 2 is 0.695 bits per heavy atom. The van der Waals surface area contributed by atoms with Crippen LogP contribution in [0.3, 0.4) is 0 Å². The van der Waals surface area contributed by atoms with Gasteiger partial charge in [-0.15, -0.1) is 0 Å². The zero-order valence-electron chi connectivity index (χ0n) is 51.0. The van der Waals surface area contributed by atoms with E-state index in [0.717, 1.165) is 57.8 Å². The van der Waals surface area contributed by atoms with Crippen molar-refractivity contribution in [3.05, 3.63) is 0 Å². The summed E-state index contributed by atoms with van der Waals surface area (Å²) in [6.45, 7) is 1.74. The number of aliphatic hydroxyl groups excluding tert-OH is 11. The predicted molar refractivity (Wildman–Crippen MR) is 314 cm³/mol. The van der Waals surface area contributed by atoms with Crippen molar-refractivity contribution >= 4 is 5.91 Å². The molecule has 0 aromatic rings. The van der Waals surface area contributed by atoms with Crippen LogP contribution in [-0.2, 0) is 33.2 Å². The molecule has 3 aliphatic heterocycles. The van der Waals surface area contributed by atoms with Gasteiger partial charge in [-0.3, -0.25) is 4.79 Å². The lowest BCUT2D eigenvalue weighted by atomic mass is 9.96. The highest BCUT2D eigenvalue weighted by Crippen LogP contribution is 2.33. The van der Waals surface area contributed by atoms with Gasteiger partial charge in [0.25, 0.3) is 0 Å². The van der Waals surface area contributed by atoms with E-state index in [0.29, 0.717) is 12.8 Å². The Labute approximate surface area is 493 Å². The summed E-state index contributed by atoms with van der Waals surface area (Å²) in [7, 11) is 0. The van der Waals surface area contributed by atoms with E-state index in [1.807, 2.05) is 0 Å².